The van der Waals surface area contributed by atoms with Crippen LogP contribution in [0.3, 0.4) is 0 Å². The van der Waals surface area contributed by atoms with Gasteiger partial charge in [-0.3, -0.25) is 38.8 Å². The van der Waals surface area contributed by atoms with Gasteiger partial charge in [-0.05, 0) is 192 Å². The second-order valence-corrected chi connectivity index (χ2v) is 36.0. The Morgan fingerprint density at radius 1 is 0.383 bits per heavy atom. The monoisotopic (exact) mass is 1700 g/mol. The number of carbonyl (C=O) groups is 4. The van der Waals surface area contributed by atoms with Gasteiger partial charge in [0.25, 0.3) is 0 Å². The number of hydrogen-bond acceptors (Lipinski definition) is 24. The summed E-state index contributed by atoms with van der Waals surface area (Å²) >= 11 is 0. The summed E-state index contributed by atoms with van der Waals surface area (Å²) in [4.78, 5) is 57.8. The molecule has 8 aliphatic heterocycles. The molecule has 24 heteroatoms. The standard InChI is InChI=1S/4C24H38N2O4/c4*1-14(2)9-17-13-26-8-7-16-10-21(28-5)22(29-6)11-18(16)19(26)12-20(17)30-24(27)23(25)15(3)4/h4*10-11,14-15,17,19-20,23H,7-9,12-13,25H2,1-6H3/t4*17?,19?,20?,23-/m0000/s1/i5D3,10D,11D,19D,20D;5D3,7D2,8D2;2*7D2,8D2. The van der Waals surface area contributed by atoms with Crippen molar-refractivity contribution >= 4 is 23.9 Å². The lowest BCUT2D eigenvalue weighted by atomic mass is 9.79. The molecule has 12 unspecified atom stereocenters. The van der Waals surface area contributed by atoms with E-state index in [9.17, 15) is 21.9 Å². The maximum absolute atomic E-state index is 12.9. The lowest BCUT2D eigenvalue weighted by molar-refractivity contribution is -0.161. The normalized spacial score (nSPS) is 31.6. The van der Waals surface area contributed by atoms with E-state index in [0.29, 0.717) is 95.7 Å². The summed E-state index contributed by atoms with van der Waals surface area (Å²) in [5.41, 5.74) is 26.7. The van der Waals surface area contributed by atoms with Crippen molar-refractivity contribution in [2.75, 3.05) is 109 Å². The van der Waals surface area contributed by atoms with E-state index >= 15 is 0 Å². The Morgan fingerprint density at radius 2 is 0.675 bits per heavy atom. The van der Waals surface area contributed by atoms with Gasteiger partial charge in [0.1, 0.15) is 48.6 Å². The van der Waals surface area contributed by atoms with E-state index in [-0.39, 0.29) is 150 Å². The third-order valence-corrected chi connectivity index (χ3v) is 23.9. The van der Waals surface area contributed by atoms with Crippen LogP contribution < -0.4 is 60.8 Å². The van der Waals surface area contributed by atoms with Crippen LogP contribution in [0.1, 0.15) is 261 Å². The molecule has 0 aromatic heterocycles. The minimum absolute atomic E-state index is 0.0231. The van der Waals surface area contributed by atoms with Crippen LogP contribution in [-0.2, 0) is 63.7 Å². The molecule has 24 nitrogen and oxygen atoms in total. The third kappa shape index (κ3) is 23.8. The highest BCUT2D eigenvalue weighted by Crippen LogP contribution is 2.50. The van der Waals surface area contributed by atoms with E-state index in [1.165, 1.54) is 71.8 Å². The Bertz CT molecular complexity index is 4930. The van der Waals surface area contributed by atoms with Crippen LogP contribution in [0.2, 0.25) is 0 Å². The predicted molar refractivity (Wildman–Crippen MR) is 471 cm³/mol. The molecule has 8 heterocycles. The highest BCUT2D eigenvalue weighted by Gasteiger charge is 2.47. The number of piperidine rings is 4. The van der Waals surface area contributed by atoms with Crippen LogP contribution in [0.4, 0.5) is 0 Å². The largest absolute Gasteiger partial charge is 0.493 e. The first kappa shape index (κ1) is 69.2. The Morgan fingerprint density at radius 3 is 0.992 bits per heavy atom. The number of methoxy groups -OCH3 is 8. The molecule has 4 fully saturated rings. The first-order chi connectivity index (χ1) is 65.4. The number of benzene rings is 4. The van der Waals surface area contributed by atoms with Crippen molar-refractivity contribution < 1.29 is 106 Å². The number of fused-ring (bicyclic) bond motifs is 12. The van der Waals surface area contributed by atoms with E-state index in [0.717, 1.165) is 12.8 Å². The number of ether oxygens (including phenoxy) is 12. The minimum atomic E-state index is -2.86. The maximum Gasteiger partial charge on any atom is 0.323 e. The molecular formula is C96H152N8O16. The van der Waals surface area contributed by atoms with Crippen molar-refractivity contribution in [3.05, 3.63) is 93.0 Å². The smallest absolute Gasteiger partial charge is 0.323 e. The Kier molecular flexibility index (Phi) is 25.3. The molecular weight excluding hydrogens is 1520 g/mol. The summed E-state index contributed by atoms with van der Waals surface area (Å²) < 4.78 is 253. The first-order valence-corrected chi connectivity index (χ1v) is 42.6. The Balaban J connectivity index is 0.000000211. The molecule has 0 radical (unpaired) electrons. The molecule has 120 heavy (non-hydrogen) atoms. The first-order valence-electron chi connectivity index (χ1n) is 53.6. The number of nitrogens with two attached hydrogens (primary N) is 4. The average Bonchev–Trinajstić information content (AvgIpc) is 0.716. The fraction of sp³-hybridized carbons (Fsp3) is 0.708. The van der Waals surface area contributed by atoms with E-state index in [1.807, 2.05) is 74.1 Å². The molecule has 0 aliphatic carbocycles. The second kappa shape index (κ2) is 43.9. The Labute approximate surface area is 749 Å². The van der Waals surface area contributed by atoms with Gasteiger partial charge < -0.3 is 79.8 Å². The zero-order valence-corrected chi connectivity index (χ0v) is 74.7. The fourth-order valence-corrected chi connectivity index (χ4v) is 17.1. The van der Waals surface area contributed by atoms with Crippen LogP contribution in [0, 0.1) is 71.0 Å². The zero-order valence-electron chi connectivity index (χ0n) is 96.7. The van der Waals surface area contributed by atoms with E-state index in [4.69, 9.17) is 107 Å². The van der Waals surface area contributed by atoms with Crippen LogP contribution in [0.5, 0.6) is 46.0 Å². The van der Waals surface area contributed by atoms with Gasteiger partial charge in [0, 0.05) is 142 Å². The fourth-order valence-electron chi connectivity index (χ4n) is 17.1. The number of esters is 4. The molecule has 4 aromatic rings. The molecule has 16 atom stereocenters. The predicted octanol–water partition coefficient (Wildman–Crippen LogP) is 14.3. The summed E-state index contributed by atoms with van der Waals surface area (Å²) in [6.45, 7) is 25.4. The van der Waals surface area contributed by atoms with Crippen molar-refractivity contribution in [2.45, 2.75) is 260 Å². The van der Waals surface area contributed by atoms with E-state index < -0.39 is 155 Å². The molecule has 12 rings (SSSR count). The van der Waals surface area contributed by atoms with Crippen molar-refractivity contribution in [1.29, 1.82) is 0 Å². The van der Waals surface area contributed by atoms with Crippen LogP contribution in [-0.4, -0.2) is 201 Å². The average molecular weight is 1700 g/mol. The SMILES string of the molecule is [2H]C([2H])([2H])Oc1cc2c(cc1OC)C1CC(OC(=O)[C@@H](N)C(C)C)C(CC(C)C)CN1C([2H])([2H])C2([2H])[2H].[2H]C1([2H])c2cc(OC)c(OC)cc2C2CC(OC(=O)[C@@H](N)C(C)C)C(CC(C)C)CN2C1([2H])[2H].[2H]C1([2H])c2cc(OC)c(OC)cc2C2CC(OC(=O)[C@@H](N)C(C)C)C(CC(C)C)CN2C1([2H])[2H].[2H]c1c2c(c([2H])c(OC)c1OC([2H])([2H])[2H])C1([2H])CC([2H])(OC(=O)[C@@H](N)C(C)C)C(CC(C)C)CN1CC2. The quantitative estimate of drug-likeness (QED) is 0.0303. The third-order valence-electron chi connectivity index (χ3n) is 23.9. The molecule has 4 aromatic carbocycles. The molecule has 4 saturated heterocycles. The van der Waals surface area contributed by atoms with Crippen molar-refractivity contribution in [3.8, 4) is 46.0 Å². The summed E-state index contributed by atoms with van der Waals surface area (Å²) in [5, 5.41) is 0. The molecule has 8 aliphatic rings. The lowest BCUT2D eigenvalue weighted by Gasteiger charge is -2.47. The maximum atomic E-state index is 12.9. The summed E-state index contributed by atoms with van der Waals surface area (Å²) in [5.74, 6) is -1.65. The number of aryl methyl sites for hydroxylation is 3. The molecule has 672 valence electrons. The minimum Gasteiger partial charge on any atom is -0.493 e. The summed E-state index contributed by atoms with van der Waals surface area (Å²) in [6.07, 6.45) is -6.74. The van der Waals surface area contributed by atoms with Crippen molar-refractivity contribution in [3.63, 3.8) is 0 Å². The van der Waals surface area contributed by atoms with Crippen LogP contribution >= 0.6 is 0 Å². The molecule has 0 amide bonds. The van der Waals surface area contributed by atoms with Gasteiger partial charge in [0.2, 0.25) is 0 Å². The van der Waals surface area contributed by atoms with E-state index in [1.54, 1.807) is 35.8 Å². The second-order valence-electron chi connectivity index (χ2n) is 36.0. The lowest BCUT2D eigenvalue weighted by Crippen LogP contribution is -2.51. The van der Waals surface area contributed by atoms with Gasteiger partial charge >= 0.3 is 23.9 Å². The molecule has 0 spiro atoms. The molecule has 8 N–H and O–H groups in total. The van der Waals surface area contributed by atoms with Gasteiger partial charge in [0.15, 0.2) is 46.0 Å². The number of rotatable bonds is 28. The number of nitrogens with zero attached hydrogens (tertiary/aromatic N) is 4. The van der Waals surface area contributed by atoms with Gasteiger partial charge in [-0.15, -0.1) is 0 Å². The highest BCUT2D eigenvalue weighted by atomic mass is 16.6. The number of carbonyl (C=O) groups excluding carboxylic acids is 4. The van der Waals surface area contributed by atoms with Gasteiger partial charge in [-0.2, -0.15) is 0 Å². The van der Waals surface area contributed by atoms with Gasteiger partial charge in [-0.25, -0.2) is 0 Å². The summed E-state index contributed by atoms with van der Waals surface area (Å²) in [7, 11) is 2.87. The molecule has 0 saturated carbocycles. The van der Waals surface area contributed by atoms with Crippen molar-refractivity contribution in [2.24, 2.45) is 93.9 Å². The van der Waals surface area contributed by atoms with Gasteiger partial charge in [0.05, 0.1) is 70.4 Å². The zero-order chi connectivity index (χ0) is 107. The number of hydrogen-bond donors (Lipinski definition) is 4. The highest BCUT2D eigenvalue weighted by molar-refractivity contribution is 5.77. The topological polar surface area (TPSA) is 296 Å². The Hall–Kier alpha value is -7.16. The summed E-state index contributed by atoms with van der Waals surface area (Å²) in [6, 6.07) is 2.16. The van der Waals surface area contributed by atoms with Gasteiger partial charge in [-0.1, -0.05) is 111 Å². The van der Waals surface area contributed by atoms with E-state index in [2.05, 4.69) is 27.7 Å². The van der Waals surface area contributed by atoms with Crippen LogP contribution in [0.15, 0.2) is 48.5 Å². The van der Waals surface area contributed by atoms with Crippen molar-refractivity contribution in [1.82, 2.24) is 19.6 Å². The van der Waals surface area contributed by atoms with Crippen LogP contribution in [0.25, 0.3) is 0 Å². The molecule has 0 bridgehead atoms.